The first kappa shape index (κ1) is 11.4. The van der Waals surface area contributed by atoms with Crippen molar-refractivity contribution in [3.05, 3.63) is 11.6 Å². The largest absolute Gasteiger partial charge is 0.368 e. The normalized spacial score (nSPS) is 11.1. The third-order valence-electron chi connectivity index (χ3n) is 1.10. The molecule has 0 aliphatic rings. The Kier molecular flexibility index (Phi) is 4.18. The van der Waals surface area contributed by atoms with Crippen LogP contribution in [-0.2, 0) is 9.53 Å². The Hall–Kier alpha value is -0.630. The van der Waals surface area contributed by atoms with E-state index in [-0.39, 0.29) is 18.0 Å². The molecule has 70 valence electrons. The van der Waals surface area contributed by atoms with Gasteiger partial charge in [-0.05, 0) is 40.7 Å². The minimum Gasteiger partial charge on any atom is -0.368 e. The molecule has 2 nitrogen and oxygen atoms in total. The van der Waals surface area contributed by atoms with Gasteiger partial charge in [-0.15, -0.1) is 0 Å². The van der Waals surface area contributed by atoms with Gasteiger partial charge in [-0.2, -0.15) is 0 Å². The van der Waals surface area contributed by atoms with Gasteiger partial charge in [-0.3, -0.25) is 4.79 Å². The number of carbonyl (C=O) groups is 1. The van der Waals surface area contributed by atoms with Crippen molar-refractivity contribution in [1.29, 1.82) is 0 Å². The lowest BCUT2D eigenvalue weighted by atomic mass is 10.2. The summed E-state index contributed by atoms with van der Waals surface area (Å²) in [5.74, 6) is 0.0323. The first-order chi connectivity index (χ1) is 5.31. The molecule has 0 amide bonds. The Balaban J connectivity index is 3.81. The lowest BCUT2D eigenvalue weighted by Crippen LogP contribution is -2.22. The second-order valence-corrected chi connectivity index (χ2v) is 4.09. The van der Waals surface area contributed by atoms with E-state index in [1.165, 1.54) is 0 Å². The summed E-state index contributed by atoms with van der Waals surface area (Å²) in [7, 11) is 0. The number of hydrogen-bond acceptors (Lipinski definition) is 2. The number of hydrogen-bond donors (Lipinski definition) is 0. The molecule has 0 rings (SSSR count). The van der Waals surface area contributed by atoms with E-state index in [4.69, 9.17) is 4.74 Å². The smallest absolute Gasteiger partial charge is 0.181 e. The molecule has 0 aliphatic carbocycles. The van der Waals surface area contributed by atoms with Crippen LogP contribution in [0.25, 0.3) is 0 Å². The lowest BCUT2D eigenvalue weighted by molar-refractivity contribution is -0.123. The molecule has 0 atom stereocenters. The van der Waals surface area contributed by atoms with Gasteiger partial charge < -0.3 is 4.74 Å². The zero-order valence-electron chi connectivity index (χ0n) is 8.60. The number of rotatable bonds is 3. The summed E-state index contributed by atoms with van der Waals surface area (Å²) in [6, 6.07) is 0. The van der Waals surface area contributed by atoms with Gasteiger partial charge >= 0.3 is 0 Å². The van der Waals surface area contributed by atoms with E-state index in [9.17, 15) is 4.79 Å². The third kappa shape index (κ3) is 7.48. The molecule has 0 spiro atoms. The van der Waals surface area contributed by atoms with Gasteiger partial charge in [0.1, 0.15) is 6.61 Å². The number of ether oxygens (including phenoxy) is 1. The maximum absolute atomic E-state index is 11.1. The van der Waals surface area contributed by atoms with Gasteiger partial charge in [0.05, 0.1) is 5.60 Å². The third-order valence-corrected chi connectivity index (χ3v) is 1.10. The summed E-state index contributed by atoms with van der Waals surface area (Å²) >= 11 is 0. The standard InChI is InChI=1S/C10H18O2/c1-8(2)6-9(11)7-12-10(3,4)5/h6H,7H2,1-5H3. The van der Waals surface area contributed by atoms with Crippen molar-refractivity contribution in [2.24, 2.45) is 0 Å². The fraction of sp³-hybridized carbons (Fsp3) is 0.700. The summed E-state index contributed by atoms with van der Waals surface area (Å²) < 4.78 is 5.30. The average Bonchev–Trinajstić information content (AvgIpc) is 1.80. The molecule has 2 heteroatoms. The fourth-order valence-electron chi connectivity index (χ4n) is 0.651. The number of allylic oxidation sites excluding steroid dienone is 1. The SMILES string of the molecule is CC(C)=CC(=O)COC(C)(C)C. The highest BCUT2D eigenvalue weighted by Gasteiger charge is 2.11. The van der Waals surface area contributed by atoms with Crippen molar-refractivity contribution in [2.75, 3.05) is 6.61 Å². The summed E-state index contributed by atoms with van der Waals surface area (Å²) in [6.45, 7) is 9.77. The van der Waals surface area contributed by atoms with Crippen molar-refractivity contribution in [3.63, 3.8) is 0 Å². The van der Waals surface area contributed by atoms with Crippen molar-refractivity contribution in [3.8, 4) is 0 Å². The van der Waals surface area contributed by atoms with Crippen LogP contribution in [0.1, 0.15) is 34.6 Å². The van der Waals surface area contributed by atoms with Crippen LogP contribution in [0, 0.1) is 0 Å². The van der Waals surface area contributed by atoms with E-state index in [1.54, 1.807) is 6.08 Å². The van der Waals surface area contributed by atoms with E-state index in [0.717, 1.165) is 5.57 Å². The Morgan fingerprint density at radius 2 is 1.83 bits per heavy atom. The first-order valence-corrected chi connectivity index (χ1v) is 4.13. The van der Waals surface area contributed by atoms with Gasteiger partial charge in [0.25, 0.3) is 0 Å². The molecule has 0 bridgehead atoms. The van der Waals surface area contributed by atoms with Gasteiger partial charge in [0.2, 0.25) is 0 Å². The summed E-state index contributed by atoms with van der Waals surface area (Å²) in [4.78, 5) is 11.1. The van der Waals surface area contributed by atoms with E-state index in [2.05, 4.69) is 0 Å². The van der Waals surface area contributed by atoms with Crippen LogP contribution in [0.5, 0.6) is 0 Å². The van der Waals surface area contributed by atoms with Crippen molar-refractivity contribution < 1.29 is 9.53 Å². The van der Waals surface area contributed by atoms with Gasteiger partial charge in [-0.1, -0.05) is 5.57 Å². The van der Waals surface area contributed by atoms with Gasteiger partial charge in [0.15, 0.2) is 5.78 Å². The predicted octanol–water partition coefficient (Wildman–Crippen LogP) is 2.34. The first-order valence-electron chi connectivity index (χ1n) is 4.13. The zero-order chi connectivity index (χ0) is 9.78. The van der Waals surface area contributed by atoms with Crippen LogP contribution in [-0.4, -0.2) is 18.0 Å². The molecule has 0 unspecified atom stereocenters. The highest BCUT2D eigenvalue weighted by Crippen LogP contribution is 2.06. The highest BCUT2D eigenvalue weighted by molar-refractivity contribution is 5.91. The maximum atomic E-state index is 11.1. The van der Waals surface area contributed by atoms with Crippen LogP contribution in [0.4, 0.5) is 0 Å². The second kappa shape index (κ2) is 4.41. The van der Waals surface area contributed by atoms with Crippen molar-refractivity contribution in [2.45, 2.75) is 40.2 Å². The highest BCUT2D eigenvalue weighted by atomic mass is 16.5. The predicted molar refractivity (Wildman–Crippen MR) is 50.1 cm³/mol. The van der Waals surface area contributed by atoms with Crippen molar-refractivity contribution in [1.82, 2.24) is 0 Å². The monoisotopic (exact) mass is 170 g/mol. The Bertz CT molecular complexity index is 181. The molecule has 0 aliphatic heterocycles. The zero-order valence-corrected chi connectivity index (χ0v) is 8.60. The quantitative estimate of drug-likeness (QED) is 0.608. The topological polar surface area (TPSA) is 26.3 Å². The van der Waals surface area contributed by atoms with Crippen LogP contribution in [0.2, 0.25) is 0 Å². The van der Waals surface area contributed by atoms with E-state index >= 15 is 0 Å². The molecule has 0 aromatic heterocycles. The summed E-state index contributed by atoms with van der Waals surface area (Å²) in [6.07, 6.45) is 1.60. The Labute approximate surface area is 74.6 Å². The molecule has 0 saturated carbocycles. The molecule has 0 fully saturated rings. The molecule has 0 N–H and O–H groups in total. The molecule has 0 aromatic rings. The minimum atomic E-state index is -0.231. The molecular weight excluding hydrogens is 152 g/mol. The summed E-state index contributed by atoms with van der Waals surface area (Å²) in [5, 5.41) is 0. The van der Waals surface area contributed by atoms with E-state index in [1.807, 2.05) is 34.6 Å². The fourth-order valence-corrected chi connectivity index (χ4v) is 0.651. The number of carbonyl (C=O) groups excluding carboxylic acids is 1. The molecule has 0 radical (unpaired) electrons. The lowest BCUT2D eigenvalue weighted by Gasteiger charge is -2.18. The van der Waals surface area contributed by atoms with Crippen LogP contribution in [0.3, 0.4) is 0 Å². The molecule has 0 aromatic carbocycles. The summed E-state index contributed by atoms with van der Waals surface area (Å²) in [5.41, 5.74) is 0.781. The van der Waals surface area contributed by atoms with Gasteiger partial charge in [-0.25, -0.2) is 0 Å². The minimum absolute atomic E-state index is 0.0323. The van der Waals surface area contributed by atoms with Crippen LogP contribution < -0.4 is 0 Å². The molecular formula is C10H18O2. The van der Waals surface area contributed by atoms with Crippen LogP contribution >= 0.6 is 0 Å². The van der Waals surface area contributed by atoms with E-state index in [0.29, 0.717) is 0 Å². The molecule has 12 heavy (non-hydrogen) atoms. The van der Waals surface area contributed by atoms with Crippen LogP contribution in [0.15, 0.2) is 11.6 Å². The molecule has 0 heterocycles. The average molecular weight is 170 g/mol. The molecule has 0 saturated heterocycles. The van der Waals surface area contributed by atoms with E-state index < -0.39 is 0 Å². The number of ketones is 1. The Morgan fingerprint density at radius 3 is 2.17 bits per heavy atom. The second-order valence-electron chi connectivity index (χ2n) is 4.09. The van der Waals surface area contributed by atoms with Crippen molar-refractivity contribution >= 4 is 5.78 Å². The Morgan fingerprint density at radius 1 is 1.33 bits per heavy atom. The maximum Gasteiger partial charge on any atom is 0.181 e. The van der Waals surface area contributed by atoms with Gasteiger partial charge in [0, 0.05) is 0 Å².